The van der Waals surface area contributed by atoms with Gasteiger partial charge in [-0.15, -0.1) is 11.3 Å². The van der Waals surface area contributed by atoms with Crippen LogP contribution in [-0.4, -0.2) is 5.91 Å². The van der Waals surface area contributed by atoms with Crippen LogP contribution >= 0.6 is 11.3 Å². The Hall–Kier alpha value is -1.81. The molecule has 1 heterocycles. The average Bonchev–Trinajstić information content (AvgIpc) is 2.85. The molecule has 0 bridgehead atoms. The Kier molecular flexibility index (Phi) is 4.48. The summed E-state index contributed by atoms with van der Waals surface area (Å²) in [6.45, 7) is 1.98. The van der Waals surface area contributed by atoms with Crippen LogP contribution in [0.25, 0.3) is 0 Å². The molecule has 1 aromatic carbocycles. The maximum Gasteiger partial charge on any atom is 0.265 e. The van der Waals surface area contributed by atoms with Crippen molar-refractivity contribution in [1.82, 2.24) is 0 Å². The predicted octanol–water partition coefficient (Wildman–Crippen LogP) is 4.55. The van der Waals surface area contributed by atoms with Crippen molar-refractivity contribution in [1.29, 1.82) is 0 Å². The summed E-state index contributed by atoms with van der Waals surface area (Å²) in [6, 6.07) is 7.68. The van der Waals surface area contributed by atoms with E-state index in [0.29, 0.717) is 5.69 Å². The first-order valence-electron chi connectivity index (χ1n) is 7.92. The fourth-order valence-electron chi connectivity index (χ4n) is 2.91. The fraction of sp³-hybridized carbons (Fsp3) is 0.389. The van der Waals surface area contributed by atoms with Crippen molar-refractivity contribution in [2.75, 3.05) is 11.1 Å². The highest BCUT2D eigenvalue weighted by Crippen LogP contribution is 2.29. The van der Waals surface area contributed by atoms with Crippen molar-refractivity contribution in [2.45, 2.75) is 45.4 Å². The van der Waals surface area contributed by atoms with E-state index in [4.69, 9.17) is 5.73 Å². The van der Waals surface area contributed by atoms with Gasteiger partial charge in [0.25, 0.3) is 5.91 Å². The number of amides is 1. The monoisotopic (exact) mass is 314 g/mol. The van der Waals surface area contributed by atoms with E-state index in [1.54, 1.807) is 11.3 Å². The summed E-state index contributed by atoms with van der Waals surface area (Å²) < 4.78 is 0. The molecule has 0 atom stereocenters. The summed E-state index contributed by atoms with van der Waals surface area (Å²) in [4.78, 5) is 14.7. The average molecular weight is 314 g/mol. The first kappa shape index (κ1) is 15.1. The standard InChI is InChI=1S/C18H22N2OS/c1-12-8-9-14(19)11-15(12)20-18(21)17-10-13-6-4-2-3-5-7-16(13)22-17/h8-11H,2-7,19H2,1H3,(H,20,21). The van der Waals surface area contributed by atoms with E-state index in [-0.39, 0.29) is 5.91 Å². The van der Waals surface area contributed by atoms with Gasteiger partial charge in [-0.2, -0.15) is 0 Å². The SMILES string of the molecule is Cc1ccc(N)cc1NC(=O)c1cc2c(s1)CCCCCC2. The van der Waals surface area contributed by atoms with Crippen LogP contribution in [0, 0.1) is 6.92 Å². The maximum absolute atomic E-state index is 12.5. The number of benzene rings is 1. The molecule has 0 fully saturated rings. The van der Waals surface area contributed by atoms with Crippen LogP contribution in [0.15, 0.2) is 24.3 Å². The number of hydrogen-bond donors (Lipinski definition) is 2. The quantitative estimate of drug-likeness (QED) is 0.799. The Labute approximate surface area is 135 Å². The molecule has 116 valence electrons. The van der Waals surface area contributed by atoms with E-state index in [1.807, 2.05) is 25.1 Å². The van der Waals surface area contributed by atoms with Crippen molar-refractivity contribution in [3.05, 3.63) is 45.1 Å². The largest absolute Gasteiger partial charge is 0.399 e. The second-order valence-electron chi connectivity index (χ2n) is 6.00. The highest BCUT2D eigenvalue weighted by molar-refractivity contribution is 7.14. The number of nitrogens with two attached hydrogens (primary N) is 1. The highest BCUT2D eigenvalue weighted by atomic mass is 32.1. The summed E-state index contributed by atoms with van der Waals surface area (Å²) in [6.07, 6.45) is 7.31. The van der Waals surface area contributed by atoms with Gasteiger partial charge in [-0.05, 0) is 61.9 Å². The molecule has 1 amide bonds. The minimum absolute atomic E-state index is 0.0227. The van der Waals surface area contributed by atoms with Crippen LogP contribution in [0.4, 0.5) is 11.4 Å². The van der Waals surface area contributed by atoms with E-state index in [0.717, 1.165) is 29.0 Å². The third-order valence-corrected chi connectivity index (χ3v) is 5.47. The van der Waals surface area contributed by atoms with Gasteiger partial charge in [-0.3, -0.25) is 4.79 Å². The van der Waals surface area contributed by atoms with Crippen LogP contribution < -0.4 is 11.1 Å². The van der Waals surface area contributed by atoms with Crippen molar-refractivity contribution in [2.24, 2.45) is 0 Å². The van der Waals surface area contributed by atoms with Gasteiger partial charge in [0.15, 0.2) is 0 Å². The number of nitrogen functional groups attached to an aromatic ring is 1. The lowest BCUT2D eigenvalue weighted by Gasteiger charge is -2.08. The smallest absolute Gasteiger partial charge is 0.265 e. The lowest BCUT2D eigenvalue weighted by Crippen LogP contribution is -2.11. The lowest BCUT2D eigenvalue weighted by molar-refractivity contribution is 0.103. The lowest BCUT2D eigenvalue weighted by atomic mass is 10.00. The minimum atomic E-state index is -0.0227. The maximum atomic E-state index is 12.5. The number of fused-ring (bicyclic) bond motifs is 1. The fourth-order valence-corrected chi connectivity index (χ4v) is 4.06. The minimum Gasteiger partial charge on any atom is -0.399 e. The predicted molar refractivity (Wildman–Crippen MR) is 93.7 cm³/mol. The number of nitrogens with one attached hydrogen (secondary N) is 1. The van der Waals surface area contributed by atoms with Crippen molar-refractivity contribution in [3.63, 3.8) is 0 Å². The Morgan fingerprint density at radius 3 is 2.73 bits per heavy atom. The molecule has 3 rings (SSSR count). The third kappa shape index (κ3) is 3.33. The zero-order valence-corrected chi connectivity index (χ0v) is 13.8. The van der Waals surface area contributed by atoms with Crippen molar-refractivity contribution < 1.29 is 4.79 Å². The molecule has 2 aromatic rings. The Morgan fingerprint density at radius 1 is 1.14 bits per heavy atom. The molecule has 0 saturated heterocycles. The molecule has 1 aliphatic rings. The second-order valence-corrected chi connectivity index (χ2v) is 7.14. The number of carbonyl (C=O) groups excluding carboxylic acids is 1. The van der Waals surface area contributed by atoms with Gasteiger partial charge in [0.05, 0.1) is 4.88 Å². The van der Waals surface area contributed by atoms with Crippen LogP contribution in [0.5, 0.6) is 0 Å². The molecule has 0 unspecified atom stereocenters. The number of hydrogen-bond acceptors (Lipinski definition) is 3. The van der Waals surface area contributed by atoms with Crippen LogP contribution in [-0.2, 0) is 12.8 Å². The molecule has 3 nitrogen and oxygen atoms in total. The summed E-state index contributed by atoms with van der Waals surface area (Å²) in [7, 11) is 0. The molecule has 0 spiro atoms. The summed E-state index contributed by atoms with van der Waals surface area (Å²) in [5.41, 5.74) is 9.67. The van der Waals surface area contributed by atoms with Crippen LogP contribution in [0.1, 0.15) is 51.4 Å². The molecule has 0 radical (unpaired) electrons. The van der Waals surface area contributed by atoms with E-state index < -0.39 is 0 Å². The first-order chi connectivity index (χ1) is 10.6. The van der Waals surface area contributed by atoms with Crippen LogP contribution in [0.2, 0.25) is 0 Å². The number of rotatable bonds is 2. The number of carbonyl (C=O) groups is 1. The molecule has 22 heavy (non-hydrogen) atoms. The Morgan fingerprint density at radius 2 is 1.91 bits per heavy atom. The zero-order valence-electron chi connectivity index (χ0n) is 12.9. The van der Waals surface area contributed by atoms with Gasteiger partial charge in [0.1, 0.15) is 0 Å². The molecule has 4 heteroatoms. The number of aryl methyl sites for hydroxylation is 3. The Bertz CT molecular complexity index is 665. The van der Waals surface area contributed by atoms with Gasteiger partial charge < -0.3 is 11.1 Å². The first-order valence-corrected chi connectivity index (χ1v) is 8.74. The second kappa shape index (κ2) is 6.53. The highest BCUT2D eigenvalue weighted by Gasteiger charge is 2.16. The van der Waals surface area contributed by atoms with Gasteiger partial charge in [0, 0.05) is 16.3 Å². The zero-order chi connectivity index (χ0) is 15.5. The summed E-state index contributed by atoms with van der Waals surface area (Å²) in [5.74, 6) is -0.0227. The van der Waals surface area contributed by atoms with Gasteiger partial charge in [0.2, 0.25) is 0 Å². The normalized spacial score (nSPS) is 14.8. The molecular weight excluding hydrogens is 292 g/mol. The Balaban J connectivity index is 1.80. The van der Waals surface area contributed by atoms with E-state index >= 15 is 0 Å². The van der Waals surface area contributed by atoms with Gasteiger partial charge in [-0.25, -0.2) is 0 Å². The van der Waals surface area contributed by atoms with Gasteiger partial charge in [-0.1, -0.05) is 18.9 Å². The molecule has 1 aromatic heterocycles. The molecular formula is C18H22N2OS. The van der Waals surface area contributed by atoms with E-state index in [2.05, 4.69) is 11.4 Å². The molecule has 1 aliphatic carbocycles. The number of thiophene rings is 1. The summed E-state index contributed by atoms with van der Waals surface area (Å²) in [5, 5.41) is 3.00. The van der Waals surface area contributed by atoms with E-state index in [9.17, 15) is 4.79 Å². The van der Waals surface area contributed by atoms with Crippen molar-refractivity contribution in [3.8, 4) is 0 Å². The van der Waals surface area contributed by atoms with Crippen LogP contribution in [0.3, 0.4) is 0 Å². The molecule has 0 aliphatic heterocycles. The molecule has 0 saturated carbocycles. The topological polar surface area (TPSA) is 55.1 Å². The van der Waals surface area contributed by atoms with E-state index in [1.165, 1.54) is 36.1 Å². The van der Waals surface area contributed by atoms with Gasteiger partial charge >= 0.3 is 0 Å². The number of anilines is 2. The summed E-state index contributed by atoms with van der Waals surface area (Å²) >= 11 is 1.65. The molecule has 3 N–H and O–H groups in total. The third-order valence-electron chi connectivity index (χ3n) is 4.23. The van der Waals surface area contributed by atoms with Crippen molar-refractivity contribution >= 4 is 28.6 Å².